The minimum atomic E-state index is -4.61. The van der Waals surface area contributed by atoms with Gasteiger partial charge in [-0.25, -0.2) is 4.39 Å². The van der Waals surface area contributed by atoms with Crippen LogP contribution in [0.25, 0.3) is 0 Å². The third-order valence-electron chi connectivity index (χ3n) is 3.75. The number of aliphatic hydroxyl groups is 1. The number of benzene rings is 2. The number of nitrogens with two attached hydrogens (primary N) is 1. The summed E-state index contributed by atoms with van der Waals surface area (Å²) in [6.45, 7) is 1.40. The Morgan fingerprint density at radius 3 is 2.71 bits per heavy atom. The molecule has 10 heteroatoms. The summed E-state index contributed by atoms with van der Waals surface area (Å²) in [4.78, 5) is 34.6. The molecule has 1 atom stereocenters. The van der Waals surface area contributed by atoms with E-state index in [9.17, 15) is 13.8 Å². The van der Waals surface area contributed by atoms with Gasteiger partial charge in [0.15, 0.2) is 6.61 Å². The van der Waals surface area contributed by atoms with Crippen molar-refractivity contribution in [3.05, 3.63) is 59.4 Å². The molecule has 150 valence electrons. The van der Waals surface area contributed by atoms with Gasteiger partial charge in [0, 0.05) is 18.2 Å². The minimum absolute atomic E-state index is 0.140. The number of rotatable bonds is 8. The van der Waals surface area contributed by atoms with Gasteiger partial charge >= 0.3 is 7.82 Å². The van der Waals surface area contributed by atoms with Crippen molar-refractivity contribution < 1.29 is 28.1 Å². The zero-order chi connectivity index (χ0) is 20.7. The number of hydrogen-bond acceptors (Lipinski definition) is 4. The molecule has 0 saturated carbocycles. The van der Waals surface area contributed by atoms with Gasteiger partial charge in [-0.1, -0.05) is 12.1 Å². The first-order chi connectivity index (χ1) is 13.2. The molecule has 0 saturated heterocycles. The summed E-state index contributed by atoms with van der Waals surface area (Å²) in [7, 11) is -4.61. The van der Waals surface area contributed by atoms with E-state index in [4.69, 9.17) is 15.5 Å². The molecule has 8 nitrogen and oxygen atoms in total. The number of amides is 1. The summed E-state index contributed by atoms with van der Waals surface area (Å²) in [6, 6.07) is 9.55. The summed E-state index contributed by atoms with van der Waals surface area (Å²) in [6.07, 6.45) is 1.71. The first-order valence-corrected chi connectivity index (χ1v) is 9.92. The van der Waals surface area contributed by atoms with Gasteiger partial charge in [-0.3, -0.25) is 19.6 Å². The zero-order valence-corrected chi connectivity index (χ0v) is 16.0. The van der Waals surface area contributed by atoms with Crippen LogP contribution in [-0.4, -0.2) is 39.1 Å². The maximum absolute atomic E-state index is 13.4. The van der Waals surface area contributed by atoms with Crippen LogP contribution in [-0.2, 0) is 11.0 Å². The topological polar surface area (TPSA) is 138 Å². The average Bonchev–Trinajstić information content (AvgIpc) is 2.61. The third-order valence-corrected chi connectivity index (χ3v) is 4.28. The number of nitrogens with one attached hydrogen (secondary N) is 1. The van der Waals surface area contributed by atoms with Crippen molar-refractivity contribution in [3.63, 3.8) is 0 Å². The molecule has 0 aliphatic heterocycles. The second kappa shape index (κ2) is 9.57. The minimum Gasteiger partial charge on any atom is -0.397 e. The molecule has 1 amide bonds. The number of nitrogens with zero attached hydrogens (tertiary/aromatic N) is 1. The van der Waals surface area contributed by atoms with Crippen LogP contribution in [0.15, 0.2) is 47.5 Å². The van der Waals surface area contributed by atoms with Crippen LogP contribution >= 0.6 is 7.82 Å². The molecular formula is C18H22FN3O5P+. The Hall–Kier alpha value is -2.58. The lowest BCUT2D eigenvalue weighted by molar-refractivity contribution is 0.0520. The number of carbonyl (C=O) groups is 1. The maximum atomic E-state index is 13.4. The molecule has 0 spiro atoms. The second-order valence-electron chi connectivity index (χ2n) is 6.00. The summed E-state index contributed by atoms with van der Waals surface area (Å²) >= 11 is 0. The molecule has 0 fully saturated rings. The van der Waals surface area contributed by atoms with Crippen LogP contribution in [0.1, 0.15) is 22.8 Å². The Bertz CT molecular complexity index is 916. The summed E-state index contributed by atoms with van der Waals surface area (Å²) in [5, 5.41) is 2.66. The molecule has 6 N–H and O–H groups in total. The Labute approximate surface area is 161 Å². The Morgan fingerprint density at radius 1 is 1.36 bits per heavy atom. The predicted molar refractivity (Wildman–Crippen MR) is 105 cm³/mol. The van der Waals surface area contributed by atoms with Gasteiger partial charge in [-0.15, -0.1) is 0 Å². The molecule has 2 aromatic carbocycles. The van der Waals surface area contributed by atoms with E-state index in [-0.39, 0.29) is 18.6 Å². The number of aliphatic imine (C=N–C) groups is 1. The van der Waals surface area contributed by atoms with E-state index in [2.05, 4.69) is 14.8 Å². The van der Waals surface area contributed by atoms with Crippen molar-refractivity contribution in [2.24, 2.45) is 4.99 Å². The number of anilines is 1. The van der Waals surface area contributed by atoms with Gasteiger partial charge in [-0.05, 0) is 42.8 Å². The molecule has 0 radical (unpaired) electrons. The molecule has 0 aromatic heterocycles. The van der Waals surface area contributed by atoms with Crippen LogP contribution in [0.3, 0.4) is 0 Å². The van der Waals surface area contributed by atoms with E-state index in [1.165, 1.54) is 30.3 Å². The van der Waals surface area contributed by atoms with Gasteiger partial charge in [0.25, 0.3) is 5.91 Å². The van der Waals surface area contributed by atoms with Crippen molar-refractivity contribution >= 4 is 31.3 Å². The highest BCUT2D eigenvalue weighted by Gasteiger charge is 2.26. The largest absolute Gasteiger partial charge is 0.629 e. The van der Waals surface area contributed by atoms with Crippen LogP contribution in [0.2, 0.25) is 0 Å². The number of hydrogen-bond donors (Lipinski definition) is 4. The first kappa shape index (κ1) is 21.7. The molecule has 0 unspecified atom stereocenters. The highest BCUT2D eigenvalue weighted by molar-refractivity contribution is 7.45. The molecule has 0 heterocycles. The van der Waals surface area contributed by atoms with Crippen LogP contribution in [0, 0.1) is 5.82 Å². The van der Waals surface area contributed by atoms with Crippen molar-refractivity contribution in [2.75, 3.05) is 12.3 Å². The van der Waals surface area contributed by atoms with E-state index in [0.717, 1.165) is 0 Å². The number of nitrogen functional groups attached to an aromatic ring is 1. The SMILES string of the molecule is CC=Nc1ccc(C(=O)N[C@@H](C[OH+]P(=O)(O)O)Cc2cccc(F)c2)cc1N. The van der Waals surface area contributed by atoms with Gasteiger partial charge in [0.05, 0.1) is 11.4 Å². The van der Waals surface area contributed by atoms with E-state index in [1.54, 1.807) is 25.3 Å². The van der Waals surface area contributed by atoms with Crippen molar-refractivity contribution in [3.8, 4) is 0 Å². The van der Waals surface area contributed by atoms with Gasteiger partial charge in [0.2, 0.25) is 0 Å². The third kappa shape index (κ3) is 6.86. The van der Waals surface area contributed by atoms with Gasteiger partial charge < -0.3 is 15.6 Å². The summed E-state index contributed by atoms with van der Waals surface area (Å²) < 4.78 is 27.8. The fraction of sp³-hybridized carbons (Fsp3) is 0.222. The highest BCUT2D eigenvalue weighted by atomic mass is 31.2. The molecular weight excluding hydrogens is 388 g/mol. The van der Waals surface area contributed by atoms with E-state index in [0.29, 0.717) is 16.9 Å². The normalized spacial score (nSPS) is 12.9. The first-order valence-electron chi connectivity index (χ1n) is 8.36. The molecule has 28 heavy (non-hydrogen) atoms. The summed E-state index contributed by atoms with van der Waals surface area (Å²) in [5.74, 6) is -0.949. The lowest BCUT2D eigenvalue weighted by Crippen LogP contribution is -2.40. The second-order valence-corrected chi connectivity index (χ2v) is 7.31. The monoisotopic (exact) mass is 410 g/mol. The Balaban J connectivity index is 2.16. The van der Waals surface area contributed by atoms with Crippen molar-refractivity contribution in [1.82, 2.24) is 5.32 Å². The maximum Gasteiger partial charge on any atom is 0.629 e. The number of halogens is 1. The lowest BCUT2D eigenvalue weighted by atomic mass is 10.1. The number of carbonyl (C=O) groups excluding carboxylic acids is 1. The highest BCUT2D eigenvalue weighted by Crippen LogP contribution is 2.32. The van der Waals surface area contributed by atoms with Gasteiger partial charge in [-0.2, -0.15) is 4.57 Å². The smallest absolute Gasteiger partial charge is 0.397 e. The Kier molecular flexibility index (Phi) is 7.42. The van der Waals surface area contributed by atoms with Crippen LogP contribution < -0.4 is 11.1 Å². The van der Waals surface area contributed by atoms with E-state index < -0.39 is 25.6 Å². The molecule has 2 rings (SSSR count). The van der Waals surface area contributed by atoms with Gasteiger partial charge in [0.1, 0.15) is 11.9 Å². The van der Waals surface area contributed by atoms with E-state index in [1.807, 2.05) is 0 Å². The molecule has 0 bridgehead atoms. The quantitative estimate of drug-likeness (QED) is 0.229. The standard InChI is InChI=1S/C18H21FN3O5P/c1-2-21-17-7-6-13(10-16(17)20)18(23)22-15(11-27-28(24,25)26)9-12-4-3-5-14(19)8-12/h2-8,10,15H,9,11,20H2,1H3,(H,22,23)(H2,24,25,26)/p+1/t15-/m1/s1. The van der Waals surface area contributed by atoms with Crippen molar-refractivity contribution in [2.45, 2.75) is 19.4 Å². The zero-order valence-electron chi connectivity index (χ0n) is 15.1. The van der Waals surface area contributed by atoms with Crippen LogP contribution in [0.4, 0.5) is 15.8 Å². The molecule has 0 aliphatic rings. The average molecular weight is 410 g/mol. The summed E-state index contributed by atoms with van der Waals surface area (Å²) in [5.41, 5.74) is 7.52. The molecule has 0 aliphatic carbocycles. The predicted octanol–water partition coefficient (Wildman–Crippen LogP) is 2.09. The van der Waals surface area contributed by atoms with Crippen molar-refractivity contribution in [1.29, 1.82) is 0 Å². The van der Waals surface area contributed by atoms with Crippen LogP contribution in [0.5, 0.6) is 0 Å². The fourth-order valence-electron chi connectivity index (χ4n) is 2.54. The van der Waals surface area contributed by atoms with E-state index >= 15 is 0 Å². The fourth-order valence-corrected chi connectivity index (χ4v) is 2.95. The Morgan fingerprint density at radius 2 is 2.11 bits per heavy atom. The lowest BCUT2D eigenvalue weighted by Gasteiger charge is -2.17. The molecule has 2 aromatic rings.